The summed E-state index contributed by atoms with van der Waals surface area (Å²) in [5.74, 6) is -1.09. The molecule has 0 fully saturated rings. The number of amides is 1. The number of hydrogen-bond donors (Lipinski definition) is 1. The van der Waals surface area contributed by atoms with Gasteiger partial charge < -0.3 is 19.5 Å². The summed E-state index contributed by atoms with van der Waals surface area (Å²) in [4.78, 5) is 39.7. The Morgan fingerprint density at radius 3 is 2.48 bits per heavy atom. The highest BCUT2D eigenvalue weighted by molar-refractivity contribution is 5.96. The molecule has 8 heteroatoms. The van der Waals surface area contributed by atoms with Gasteiger partial charge >= 0.3 is 12.1 Å². The highest BCUT2D eigenvalue weighted by Crippen LogP contribution is 2.30. The van der Waals surface area contributed by atoms with E-state index in [1.54, 1.807) is 0 Å². The van der Waals surface area contributed by atoms with Gasteiger partial charge in [-0.1, -0.05) is 30.3 Å². The van der Waals surface area contributed by atoms with Gasteiger partial charge in [0.25, 0.3) is 0 Å². The minimum atomic E-state index is -1.02. The fourth-order valence-corrected chi connectivity index (χ4v) is 2.13. The van der Waals surface area contributed by atoms with Crippen molar-refractivity contribution in [3.05, 3.63) is 53.9 Å². The molecule has 2 rings (SSSR count). The maximum Gasteiger partial charge on any atom is 0.408 e. The van der Waals surface area contributed by atoms with Crippen LogP contribution in [0.5, 0.6) is 11.5 Å². The number of carbonyl (C=O) groups is 3. The Morgan fingerprint density at radius 2 is 1.85 bits per heavy atom. The lowest BCUT2D eigenvalue weighted by Crippen LogP contribution is -2.41. The average Bonchev–Trinajstić information content (AvgIpc) is 2.67. The fourth-order valence-electron chi connectivity index (χ4n) is 2.13. The van der Waals surface area contributed by atoms with E-state index in [2.05, 4.69) is 10.3 Å². The number of esters is 1. The van der Waals surface area contributed by atoms with Crippen LogP contribution in [0.2, 0.25) is 0 Å². The van der Waals surface area contributed by atoms with E-state index in [1.165, 1.54) is 33.2 Å². The number of pyridine rings is 1. The Labute approximate surface area is 156 Å². The molecule has 27 heavy (non-hydrogen) atoms. The molecule has 1 N–H and O–H groups in total. The summed E-state index contributed by atoms with van der Waals surface area (Å²) in [5.41, 5.74) is 0.774. The van der Waals surface area contributed by atoms with Crippen LogP contribution in [0.1, 0.15) is 29.9 Å². The van der Waals surface area contributed by atoms with Crippen molar-refractivity contribution in [2.24, 2.45) is 0 Å². The number of alkyl carbamates (subject to hydrolysis) is 1. The number of ketones is 1. The van der Waals surface area contributed by atoms with Crippen LogP contribution in [0.15, 0.2) is 42.6 Å². The quantitative estimate of drug-likeness (QED) is 0.588. The molecule has 1 unspecified atom stereocenters. The first-order valence-electron chi connectivity index (χ1n) is 8.15. The Kier molecular flexibility index (Phi) is 6.87. The second-order valence-electron chi connectivity index (χ2n) is 5.60. The van der Waals surface area contributed by atoms with Gasteiger partial charge in [-0.05, 0) is 12.5 Å². The lowest BCUT2D eigenvalue weighted by atomic mass is 10.2. The van der Waals surface area contributed by atoms with Crippen LogP contribution in [0.3, 0.4) is 0 Å². The highest BCUT2D eigenvalue weighted by atomic mass is 16.6. The lowest BCUT2D eigenvalue weighted by molar-refractivity contribution is -0.136. The molecule has 1 atom stereocenters. The molecule has 0 aliphatic heterocycles. The van der Waals surface area contributed by atoms with E-state index < -0.39 is 18.1 Å². The highest BCUT2D eigenvalue weighted by Gasteiger charge is 2.24. The topological polar surface area (TPSA) is 104 Å². The second kappa shape index (κ2) is 9.33. The van der Waals surface area contributed by atoms with Crippen LogP contribution in [0, 0.1) is 0 Å². The molecule has 1 amide bonds. The summed E-state index contributed by atoms with van der Waals surface area (Å²) in [6.07, 6.45) is 0.600. The van der Waals surface area contributed by atoms with Crippen molar-refractivity contribution in [2.45, 2.75) is 26.5 Å². The third-order valence-corrected chi connectivity index (χ3v) is 3.53. The van der Waals surface area contributed by atoms with E-state index in [9.17, 15) is 14.4 Å². The van der Waals surface area contributed by atoms with Crippen molar-refractivity contribution in [1.82, 2.24) is 10.3 Å². The first kappa shape index (κ1) is 19.9. The predicted molar refractivity (Wildman–Crippen MR) is 95.7 cm³/mol. The van der Waals surface area contributed by atoms with Crippen molar-refractivity contribution in [2.75, 3.05) is 7.11 Å². The van der Waals surface area contributed by atoms with Crippen LogP contribution >= 0.6 is 0 Å². The first-order valence-corrected chi connectivity index (χ1v) is 8.15. The number of Topliss-reactive ketones (excluding diaryl/α,β-unsaturated/α-hetero) is 1. The van der Waals surface area contributed by atoms with Crippen LogP contribution in [0.4, 0.5) is 4.79 Å². The number of aromatic nitrogens is 1. The summed E-state index contributed by atoms with van der Waals surface area (Å²) in [6.45, 7) is 2.80. The largest absolute Gasteiger partial charge is 0.493 e. The van der Waals surface area contributed by atoms with Gasteiger partial charge in [-0.3, -0.25) is 4.79 Å². The molecular weight excluding hydrogens is 352 g/mol. The van der Waals surface area contributed by atoms with E-state index in [1.807, 2.05) is 30.3 Å². The molecule has 1 aromatic carbocycles. The van der Waals surface area contributed by atoms with E-state index in [-0.39, 0.29) is 29.6 Å². The molecule has 0 spiro atoms. The molecule has 0 aliphatic carbocycles. The van der Waals surface area contributed by atoms with Crippen LogP contribution in [-0.2, 0) is 16.1 Å². The van der Waals surface area contributed by atoms with Gasteiger partial charge in [-0.15, -0.1) is 0 Å². The van der Waals surface area contributed by atoms with Crippen LogP contribution < -0.4 is 14.8 Å². The molecule has 0 saturated heterocycles. The van der Waals surface area contributed by atoms with Gasteiger partial charge in [0, 0.05) is 19.2 Å². The summed E-state index contributed by atoms with van der Waals surface area (Å²) in [6, 6.07) is 9.56. The Balaban J connectivity index is 1.97. The van der Waals surface area contributed by atoms with Gasteiger partial charge in [-0.2, -0.15) is 0 Å². The van der Waals surface area contributed by atoms with Gasteiger partial charge in [-0.25, -0.2) is 14.6 Å². The van der Waals surface area contributed by atoms with E-state index in [0.29, 0.717) is 0 Å². The standard InChI is InChI=1S/C19H20N2O6/c1-12(21-19(24)26-11-14-7-5-4-6-8-14)18(23)27-17-15(25-3)9-10-20-16(17)13(2)22/h4-10,12H,11H2,1-3H3,(H,21,24). The number of benzene rings is 1. The molecule has 0 saturated carbocycles. The molecule has 0 aliphatic rings. The number of ether oxygens (including phenoxy) is 3. The van der Waals surface area contributed by atoms with Gasteiger partial charge in [0.2, 0.25) is 5.75 Å². The number of nitrogens with one attached hydrogen (secondary N) is 1. The normalized spacial score (nSPS) is 11.2. The number of methoxy groups -OCH3 is 1. The maximum absolute atomic E-state index is 12.3. The minimum Gasteiger partial charge on any atom is -0.493 e. The van der Waals surface area contributed by atoms with E-state index in [4.69, 9.17) is 14.2 Å². The third kappa shape index (κ3) is 5.53. The zero-order valence-corrected chi connectivity index (χ0v) is 15.2. The average molecular weight is 372 g/mol. The summed E-state index contributed by atoms with van der Waals surface area (Å²) < 4.78 is 15.4. The SMILES string of the molecule is COc1ccnc(C(C)=O)c1OC(=O)C(C)NC(=O)OCc1ccccc1. The zero-order chi connectivity index (χ0) is 19.8. The Bertz CT molecular complexity index is 822. The molecule has 0 radical (unpaired) electrons. The van der Waals surface area contributed by atoms with Gasteiger partial charge in [0.15, 0.2) is 17.2 Å². The van der Waals surface area contributed by atoms with Crippen molar-refractivity contribution in [3.8, 4) is 11.5 Å². The minimum absolute atomic E-state index is 0.0402. The number of rotatable bonds is 7. The van der Waals surface area contributed by atoms with Crippen molar-refractivity contribution < 1.29 is 28.6 Å². The molecule has 1 heterocycles. The lowest BCUT2D eigenvalue weighted by Gasteiger charge is -2.16. The fraction of sp³-hybridized carbons (Fsp3) is 0.263. The van der Waals surface area contributed by atoms with Gasteiger partial charge in [0.1, 0.15) is 12.6 Å². The zero-order valence-electron chi connectivity index (χ0n) is 15.2. The van der Waals surface area contributed by atoms with Crippen LogP contribution in [-0.4, -0.2) is 36.0 Å². The first-order chi connectivity index (χ1) is 12.9. The third-order valence-electron chi connectivity index (χ3n) is 3.53. The molecular formula is C19H20N2O6. The van der Waals surface area contributed by atoms with Crippen molar-refractivity contribution in [3.63, 3.8) is 0 Å². The second-order valence-corrected chi connectivity index (χ2v) is 5.60. The van der Waals surface area contributed by atoms with Crippen LogP contribution in [0.25, 0.3) is 0 Å². The summed E-state index contributed by atoms with van der Waals surface area (Å²) >= 11 is 0. The van der Waals surface area contributed by atoms with Gasteiger partial charge in [0.05, 0.1) is 7.11 Å². The maximum atomic E-state index is 12.3. The number of hydrogen-bond acceptors (Lipinski definition) is 7. The van der Waals surface area contributed by atoms with E-state index in [0.717, 1.165) is 5.56 Å². The molecule has 2 aromatic rings. The summed E-state index contributed by atoms with van der Waals surface area (Å²) in [5, 5.41) is 2.37. The predicted octanol–water partition coefficient (Wildman–Crippen LogP) is 2.51. The Hall–Kier alpha value is -3.42. The molecule has 8 nitrogen and oxygen atoms in total. The smallest absolute Gasteiger partial charge is 0.408 e. The molecule has 1 aromatic heterocycles. The Morgan fingerprint density at radius 1 is 1.15 bits per heavy atom. The number of nitrogens with zero attached hydrogens (tertiary/aromatic N) is 1. The van der Waals surface area contributed by atoms with E-state index >= 15 is 0 Å². The van der Waals surface area contributed by atoms with Crippen molar-refractivity contribution >= 4 is 17.8 Å². The number of carbonyl (C=O) groups excluding carboxylic acids is 3. The monoisotopic (exact) mass is 372 g/mol. The summed E-state index contributed by atoms with van der Waals surface area (Å²) in [7, 11) is 1.37. The molecule has 142 valence electrons. The van der Waals surface area contributed by atoms with Crippen molar-refractivity contribution in [1.29, 1.82) is 0 Å². The molecule has 0 bridgehead atoms.